The van der Waals surface area contributed by atoms with E-state index < -0.39 is 13.4 Å². The van der Waals surface area contributed by atoms with Crippen molar-refractivity contribution in [1.82, 2.24) is 0 Å². The van der Waals surface area contributed by atoms with Crippen LogP contribution in [0.2, 0.25) is 0 Å². The Labute approximate surface area is 154 Å². The summed E-state index contributed by atoms with van der Waals surface area (Å²) in [5.41, 5.74) is 2.66. The molecule has 0 fully saturated rings. The fraction of sp³-hybridized carbons (Fsp3) is 0.368. The molecule has 0 saturated heterocycles. The van der Waals surface area contributed by atoms with Crippen LogP contribution in [0.5, 0.6) is 11.5 Å². The molecule has 0 saturated carbocycles. The van der Waals surface area contributed by atoms with Gasteiger partial charge >= 0.3 is 7.60 Å². The maximum absolute atomic E-state index is 13.6. The minimum atomic E-state index is -3.47. The summed E-state index contributed by atoms with van der Waals surface area (Å²) in [6, 6.07) is 13.3. The number of para-hydroxylation sites is 1. The number of anilines is 1. The number of hydrogen-bond donors (Lipinski definition) is 1. The number of fused-ring (bicyclic) bond motifs is 1. The fourth-order valence-corrected chi connectivity index (χ4v) is 4.77. The van der Waals surface area contributed by atoms with Gasteiger partial charge in [-0.3, -0.25) is 4.57 Å². The lowest BCUT2D eigenvalue weighted by Gasteiger charge is -2.28. The first-order valence-corrected chi connectivity index (χ1v) is 10.3. The van der Waals surface area contributed by atoms with Crippen LogP contribution < -0.4 is 14.8 Å². The van der Waals surface area contributed by atoms with E-state index in [1.807, 2.05) is 49.4 Å². The summed E-state index contributed by atoms with van der Waals surface area (Å²) >= 11 is 0. The predicted molar refractivity (Wildman–Crippen MR) is 101 cm³/mol. The minimum Gasteiger partial charge on any atom is -0.454 e. The van der Waals surface area contributed by atoms with Gasteiger partial charge in [0.15, 0.2) is 17.3 Å². The van der Waals surface area contributed by atoms with Crippen molar-refractivity contribution < 1.29 is 23.1 Å². The van der Waals surface area contributed by atoms with Gasteiger partial charge in [0.05, 0.1) is 13.2 Å². The van der Waals surface area contributed by atoms with Gasteiger partial charge in [-0.05, 0) is 50.1 Å². The zero-order valence-electron chi connectivity index (χ0n) is 15.2. The number of aryl methyl sites for hydroxylation is 1. The third-order valence-electron chi connectivity index (χ3n) is 4.08. The lowest BCUT2D eigenvalue weighted by molar-refractivity contribution is 0.174. The largest absolute Gasteiger partial charge is 0.454 e. The molecular formula is C19H24NO5P. The molecule has 2 aromatic rings. The summed E-state index contributed by atoms with van der Waals surface area (Å²) in [5, 5.41) is 3.36. The van der Waals surface area contributed by atoms with Crippen LogP contribution in [0.15, 0.2) is 42.5 Å². The van der Waals surface area contributed by atoms with Crippen molar-refractivity contribution in [2.45, 2.75) is 26.6 Å². The second kappa shape index (κ2) is 8.12. The van der Waals surface area contributed by atoms with E-state index in [1.165, 1.54) is 0 Å². The molecule has 1 aliphatic rings. The van der Waals surface area contributed by atoms with Crippen LogP contribution in [0.25, 0.3) is 0 Å². The van der Waals surface area contributed by atoms with E-state index in [1.54, 1.807) is 13.8 Å². The van der Waals surface area contributed by atoms with Crippen LogP contribution in [0.3, 0.4) is 0 Å². The molecule has 0 bridgehead atoms. The molecule has 0 spiro atoms. The van der Waals surface area contributed by atoms with Gasteiger partial charge in [0.2, 0.25) is 6.79 Å². The molecule has 6 nitrogen and oxygen atoms in total. The first-order valence-electron chi connectivity index (χ1n) is 8.68. The highest BCUT2D eigenvalue weighted by molar-refractivity contribution is 7.54. The maximum Gasteiger partial charge on any atom is 0.357 e. The van der Waals surface area contributed by atoms with E-state index in [4.69, 9.17) is 18.5 Å². The van der Waals surface area contributed by atoms with Gasteiger partial charge in [0.25, 0.3) is 0 Å². The second-order valence-electron chi connectivity index (χ2n) is 5.85. The van der Waals surface area contributed by atoms with Crippen molar-refractivity contribution in [2.75, 3.05) is 25.3 Å². The van der Waals surface area contributed by atoms with Crippen molar-refractivity contribution in [3.8, 4) is 11.5 Å². The quantitative estimate of drug-likeness (QED) is 0.646. The van der Waals surface area contributed by atoms with E-state index in [0.717, 1.165) is 16.8 Å². The van der Waals surface area contributed by atoms with Gasteiger partial charge in [-0.15, -0.1) is 0 Å². The lowest BCUT2D eigenvalue weighted by Crippen LogP contribution is -2.16. The molecule has 2 aromatic carbocycles. The van der Waals surface area contributed by atoms with Crippen LogP contribution >= 0.6 is 7.60 Å². The van der Waals surface area contributed by atoms with E-state index in [-0.39, 0.29) is 20.0 Å². The summed E-state index contributed by atoms with van der Waals surface area (Å²) in [6.45, 7) is 6.35. The van der Waals surface area contributed by atoms with E-state index in [9.17, 15) is 4.57 Å². The van der Waals surface area contributed by atoms with Gasteiger partial charge in [-0.25, -0.2) is 0 Å². The topological polar surface area (TPSA) is 66.0 Å². The molecule has 0 amide bonds. The Hall–Kier alpha value is -2.01. The second-order valence-corrected chi connectivity index (χ2v) is 7.96. The lowest BCUT2D eigenvalue weighted by atomic mass is 10.1. The Morgan fingerprint density at radius 2 is 1.77 bits per heavy atom. The molecule has 0 radical (unpaired) electrons. The Morgan fingerprint density at radius 1 is 1.08 bits per heavy atom. The van der Waals surface area contributed by atoms with E-state index in [2.05, 4.69) is 5.32 Å². The third kappa shape index (κ3) is 3.88. The van der Waals surface area contributed by atoms with Crippen LogP contribution in [0.1, 0.15) is 30.8 Å². The Bertz CT molecular complexity index is 800. The molecule has 7 heteroatoms. The average molecular weight is 377 g/mol. The molecule has 1 unspecified atom stereocenters. The highest BCUT2D eigenvalue weighted by Crippen LogP contribution is 2.61. The van der Waals surface area contributed by atoms with Gasteiger partial charge in [0.1, 0.15) is 0 Å². The molecule has 0 aliphatic carbocycles. The number of nitrogens with one attached hydrogen (secondary N) is 1. The number of rotatable bonds is 8. The first-order chi connectivity index (χ1) is 12.6. The molecule has 1 N–H and O–H groups in total. The first kappa shape index (κ1) is 18.8. The summed E-state index contributed by atoms with van der Waals surface area (Å²) in [4.78, 5) is 0. The summed E-state index contributed by atoms with van der Waals surface area (Å²) in [6.07, 6.45) is 0. The monoisotopic (exact) mass is 377 g/mol. The maximum atomic E-state index is 13.6. The zero-order valence-corrected chi connectivity index (χ0v) is 16.1. The van der Waals surface area contributed by atoms with Crippen molar-refractivity contribution in [2.24, 2.45) is 0 Å². The zero-order chi connectivity index (χ0) is 18.6. The Morgan fingerprint density at radius 3 is 2.46 bits per heavy atom. The SMILES string of the molecule is CCOP(=O)(OCC)C(Nc1ccccc1C)c1ccc2c(c1)OCO2. The number of hydrogen-bond acceptors (Lipinski definition) is 6. The highest BCUT2D eigenvalue weighted by atomic mass is 31.2. The summed E-state index contributed by atoms with van der Waals surface area (Å²) < 4.78 is 35.6. The number of ether oxygens (including phenoxy) is 2. The smallest absolute Gasteiger partial charge is 0.357 e. The molecule has 1 aliphatic heterocycles. The average Bonchev–Trinajstić information content (AvgIpc) is 3.09. The molecule has 0 aromatic heterocycles. The molecule has 1 heterocycles. The van der Waals surface area contributed by atoms with Gasteiger partial charge < -0.3 is 23.8 Å². The van der Waals surface area contributed by atoms with Gasteiger partial charge in [-0.2, -0.15) is 0 Å². The number of benzene rings is 2. The molecule has 140 valence electrons. The van der Waals surface area contributed by atoms with Crippen molar-refractivity contribution in [1.29, 1.82) is 0 Å². The highest BCUT2D eigenvalue weighted by Gasteiger charge is 2.38. The van der Waals surface area contributed by atoms with Crippen LogP contribution in [0, 0.1) is 6.92 Å². The standard InChI is InChI=1S/C19H24NO5P/c1-4-24-26(21,25-5-2)19(20-16-9-7-6-8-14(16)3)15-10-11-17-18(12-15)23-13-22-17/h6-12,19-20H,4-5,13H2,1-3H3. The van der Waals surface area contributed by atoms with Crippen LogP contribution in [-0.4, -0.2) is 20.0 Å². The third-order valence-corrected chi connectivity index (χ3v) is 6.38. The summed E-state index contributed by atoms with van der Waals surface area (Å²) in [7, 11) is -3.47. The Kier molecular flexibility index (Phi) is 5.87. The van der Waals surface area contributed by atoms with Gasteiger partial charge in [-0.1, -0.05) is 24.3 Å². The van der Waals surface area contributed by atoms with E-state index >= 15 is 0 Å². The summed E-state index contributed by atoms with van der Waals surface area (Å²) in [5.74, 6) is 0.627. The van der Waals surface area contributed by atoms with Crippen molar-refractivity contribution >= 4 is 13.3 Å². The predicted octanol–water partition coefficient (Wildman–Crippen LogP) is 5.10. The van der Waals surface area contributed by atoms with Gasteiger partial charge in [0, 0.05) is 5.69 Å². The van der Waals surface area contributed by atoms with Crippen LogP contribution in [-0.2, 0) is 13.6 Å². The molecular weight excluding hydrogens is 353 g/mol. The molecule has 1 atom stereocenters. The van der Waals surface area contributed by atoms with Crippen LogP contribution in [0.4, 0.5) is 5.69 Å². The fourth-order valence-electron chi connectivity index (χ4n) is 2.86. The molecule has 3 rings (SSSR count). The Balaban J connectivity index is 2.03. The normalized spacial score (nSPS) is 14.3. The van der Waals surface area contributed by atoms with Crippen molar-refractivity contribution in [3.05, 3.63) is 53.6 Å². The minimum absolute atomic E-state index is 0.184. The molecule has 26 heavy (non-hydrogen) atoms. The van der Waals surface area contributed by atoms with Crippen molar-refractivity contribution in [3.63, 3.8) is 0 Å². The van der Waals surface area contributed by atoms with E-state index in [0.29, 0.717) is 11.5 Å².